The van der Waals surface area contributed by atoms with Gasteiger partial charge in [-0.05, 0) is 44.2 Å². The van der Waals surface area contributed by atoms with E-state index in [9.17, 15) is 0 Å². The summed E-state index contributed by atoms with van der Waals surface area (Å²) in [6.07, 6.45) is 13.0. The molecule has 0 radical (unpaired) electrons. The molecular weight excluding hydrogens is 194 g/mol. The Balaban J connectivity index is 1.92. The minimum atomic E-state index is 1.01. The van der Waals surface area contributed by atoms with Crippen molar-refractivity contribution in [1.82, 2.24) is 5.32 Å². The first kappa shape index (κ1) is 14.0. The molecule has 1 heteroatoms. The lowest BCUT2D eigenvalue weighted by molar-refractivity contribution is 0.156. The zero-order valence-corrected chi connectivity index (χ0v) is 11.4. The van der Waals surface area contributed by atoms with E-state index in [0.29, 0.717) is 0 Å². The van der Waals surface area contributed by atoms with Crippen LogP contribution in [0.2, 0.25) is 0 Å². The van der Waals surface area contributed by atoms with Crippen molar-refractivity contribution in [3.05, 3.63) is 0 Å². The molecule has 1 rings (SSSR count). The average Bonchev–Trinajstić information content (AvgIpc) is 2.27. The quantitative estimate of drug-likeness (QED) is 0.544. The highest BCUT2D eigenvalue weighted by molar-refractivity contribution is 4.82. The van der Waals surface area contributed by atoms with Crippen LogP contribution in [-0.2, 0) is 0 Å². The Bertz CT molecular complexity index is 156. The standard InChI is InChI=1S/C15H31N/c1-3-5-6-7-8-9-14-10-11-15(14)13-16-12-4-2/h14-16H,3-13H2,1-2H3. The Hall–Kier alpha value is -0.0400. The monoisotopic (exact) mass is 225 g/mol. The molecule has 0 aromatic rings. The summed E-state index contributed by atoms with van der Waals surface area (Å²) in [6, 6.07) is 0. The van der Waals surface area contributed by atoms with Crippen LogP contribution >= 0.6 is 0 Å². The van der Waals surface area contributed by atoms with Crippen LogP contribution in [0.4, 0.5) is 0 Å². The van der Waals surface area contributed by atoms with Crippen LogP contribution in [0.25, 0.3) is 0 Å². The Morgan fingerprint density at radius 2 is 1.62 bits per heavy atom. The van der Waals surface area contributed by atoms with E-state index in [1.165, 1.54) is 70.9 Å². The van der Waals surface area contributed by atoms with Gasteiger partial charge in [0.15, 0.2) is 0 Å². The summed E-state index contributed by atoms with van der Waals surface area (Å²) in [7, 11) is 0. The Morgan fingerprint density at radius 3 is 2.25 bits per heavy atom. The molecule has 0 aromatic carbocycles. The van der Waals surface area contributed by atoms with Gasteiger partial charge < -0.3 is 5.32 Å². The van der Waals surface area contributed by atoms with Gasteiger partial charge in [-0.25, -0.2) is 0 Å². The summed E-state index contributed by atoms with van der Waals surface area (Å²) in [5.74, 6) is 2.07. The summed E-state index contributed by atoms with van der Waals surface area (Å²) in [5.41, 5.74) is 0. The van der Waals surface area contributed by atoms with E-state index in [0.717, 1.165) is 11.8 Å². The Morgan fingerprint density at radius 1 is 0.875 bits per heavy atom. The predicted octanol–water partition coefficient (Wildman–Crippen LogP) is 4.37. The zero-order valence-electron chi connectivity index (χ0n) is 11.4. The fourth-order valence-corrected chi connectivity index (χ4v) is 2.76. The van der Waals surface area contributed by atoms with Crippen LogP contribution in [0, 0.1) is 11.8 Å². The van der Waals surface area contributed by atoms with Gasteiger partial charge in [0.1, 0.15) is 0 Å². The van der Waals surface area contributed by atoms with Crippen LogP contribution in [0.5, 0.6) is 0 Å². The summed E-state index contributed by atoms with van der Waals surface area (Å²) in [6.45, 7) is 7.04. The summed E-state index contributed by atoms with van der Waals surface area (Å²) in [5, 5.41) is 3.58. The predicted molar refractivity (Wildman–Crippen MR) is 72.8 cm³/mol. The summed E-state index contributed by atoms with van der Waals surface area (Å²) < 4.78 is 0. The SMILES string of the molecule is CCCCCCCC1CCC1CNCCC. The van der Waals surface area contributed by atoms with Crippen LogP contribution in [0.3, 0.4) is 0 Å². The lowest BCUT2D eigenvalue weighted by atomic mass is 9.71. The number of unbranched alkanes of at least 4 members (excludes halogenated alkanes) is 4. The van der Waals surface area contributed by atoms with Crippen molar-refractivity contribution in [2.75, 3.05) is 13.1 Å². The zero-order chi connectivity index (χ0) is 11.6. The van der Waals surface area contributed by atoms with Crippen LogP contribution in [0.1, 0.15) is 71.6 Å². The second-order valence-electron chi connectivity index (χ2n) is 5.50. The molecule has 1 aliphatic carbocycles. The summed E-state index contributed by atoms with van der Waals surface area (Å²) in [4.78, 5) is 0. The van der Waals surface area contributed by atoms with Gasteiger partial charge in [0.25, 0.3) is 0 Å². The molecule has 1 aliphatic rings. The minimum absolute atomic E-state index is 1.01. The number of nitrogens with one attached hydrogen (secondary N) is 1. The molecule has 96 valence electrons. The molecule has 1 saturated carbocycles. The largest absolute Gasteiger partial charge is 0.316 e. The van der Waals surface area contributed by atoms with E-state index >= 15 is 0 Å². The topological polar surface area (TPSA) is 12.0 Å². The molecule has 0 heterocycles. The third kappa shape index (κ3) is 5.34. The highest BCUT2D eigenvalue weighted by atomic mass is 14.9. The van der Waals surface area contributed by atoms with Crippen molar-refractivity contribution in [2.45, 2.75) is 71.6 Å². The van der Waals surface area contributed by atoms with E-state index < -0.39 is 0 Å². The first-order chi connectivity index (χ1) is 7.88. The molecule has 2 atom stereocenters. The van der Waals surface area contributed by atoms with E-state index in [-0.39, 0.29) is 0 Å². The third-order valence-electron chi connectivity index (χ3n) is 4.09. The first-order valence-corrected chi connectivity index (χ1v) is 7.59. The maximum Gasteiger partial charge on any atom is -0.00179 e. The number of rotatable bonds is 10. The fraction of sp³-hybridized carbons (Fsp3) is 1.00. The van der Waals surface area contributed by atoms with Gasteiger partial charge in [0.2, 0.25) is 0 Å². The minimum Gasteiger partial charge on any atom is -0.316 e. The van der Waals surface area contributed by atoms with Gasteiger partial charge in [-0.3, -0.25) is 0 Å². The van der Waals surface area contributed by atoms with E-state index in [4.69, 9.17) is 0 Å². The molecular formula is C15H31N. The van der Waals surface area contributed by atoms with Gasteiger partial charge >= 0.3 is 0 Å². The van der Waals surface area contributed by atoms with E-state index in [1.54, 1.807) is 0 Å². The molecule has 16 heavy (non-hydrogen) atoms. The van der Waals surface area contributed by atoms with Crippen LogP contribution in [0.15, 0.2) is 0 Å². The smallest absolute Gasteiger partial charge is 0.00179 e. The van der Waals surface area contributed by atoms with E-state index in [1.807, 2.05) is 0 Å². The van der Waals surface area contributed by atoms with Crippen molar-refractivity contribution < 1.29 is 0 Å². The average molecular weight is 225 g/mol. The molecule has 0 aromatic heterocycles. The molecule has 0 saturated heterocycles. The Labute approximate surface area is 102 Å². The first-order valence-electron chi connectivity index (χ1n) is 7.59. The fourth-order valence-electron chi connectivity index (χ4n) is 2.76. The second kappa shape index (κ2) is 9.04. The maximum absolute atomic E-state index is 3.58. The van der Waals surface area contributed by atoms with Gasteiger partial charge in [0.05, 0.1) is 0 Å². The molecule has 1 fully saturated rings. The van der Waals surface area contributed by atoms with Crippen LogP contribution < -0.4 is 5.32 Å². The van der Waals surface area contributed by atoms with Crippen molar-refractivity contribution >= 4 is 0 Å². The molecule has 1 nitrogen and oxygen atoms in total. The molecule has 1 N–H and O–H groups in total. The number of hydrogen-bond acceptors (Lipinski definition) is 1. The maximum atomic E-state index is 3.58. The normalized spacial score (nSPS) is 24.4. The van der Waals surface area contributed by atoms with Crippen LogP contribution in [-0.4, -0.2) is 13.1 Å². The van der Waals surface area contributed by atoms with Crippen molar-refractivity contribution in [1.29, 1.82) is 0 Å². The lowest BCUT2D eigenvalue weighted by Crippen LogP contribution is -2.35. The molecule has 2 unspecified atom stereocenters. The van der Waals surface area contributed by atoms with Crippen molar-refractivity contribution in [3.63, 3.8) is 0 Å². The van der Waals surface area contributed by atoms with Gasteiger partial charge in [-0.1, -0.05) is 52.4 Å². The van der Waals surface area contributed by atoms with E-state index in [2.05, 4.69) is 19.2 Å². The summed E-state index contributed by atoms with van der Waals surface area (Å²) >= 11 is 0. The lowest BCUT2D eigenvalue weighted by Gasteiger charge is -2.37. The number of hydrogen-bond donors (Lipinski definition) is 1. The van der Waals surface area contributed by atoms with Gasteiger partial charge in [-0.15, -0.1) is 0 Å². The molecule has 0 bridgehead atoms. The highest BCUT2D eigenvalue weighted by Gasteiger charge is 2.29. The molecule has 0 spiro atoms. The van der Waals surface area contributed by atoms with Crippen molar-refractivity contribution in [2.24, 2.45) is 11.8 Å². The van der Waals surface area contributed by atoms with Gasteiger partial charge in [0, 0.05) is 0 Å². The molecule has 0 aliphatic heterocycles. The van der Waals surface area contributed by atoms with Gasteiger partial charge in [-0.2, -0.15) is 0 Å². The Kier molecular flexibility index (Phi) is 7.92. The highest BCUT2D eigenvalue weighted by Crippen LogP contribution is 2.37. The third-order valence-corrected chi connectivity index (χ3v) is 4.09. The molecule has 0 amide bonds. The second-order valence-corrected chi connectivity index (χ2v) is 5.50. The van der Waals surface area contributed by atoms with Crippen molar-refractivity contribution in [3.8, 4) is 0 Å².